The van der Waals surface area contributed by atoms with Crippen molar-refractivity contribution in [1.82, 2.24) is 0 Å². The molecule has 80 valence electrons. The molecule has 0 heterocycles. The van der Waals surface area contributed by atoms with Crippen molar-refractivity contribution in [2.24, 2.45) is 5.92 Å². The van der Waals surface area contributed by atoms with Crippen molar-refractivity contribution in [2.45, 2.75) is 11.7 Å². The number of aliphatic hydroxyl groups excluding tert-OH is 3. The molecule has 0 spiro atoms. The van der Waals surface area contributed by atoms with Crippen molar-refractivity contribution in [3.63, 3.8) is 0 Å². The third-order valence-electron chi connectivity index (χ3n) is 2.21. The minimum absolute atomic E-state index is 0. The van der Waals surface area contributed by atoms with E-state index in [0.29, 0.717) is 0 Å². The van der Waals surface area contributed by atoms with Gasteiger partial charge in [-0.2, -0.15) is 0 Å². The fourth-order valence-corrected chi connectivity index (χ4v) is 1.82. The van der Waals surface area contributed by atoms with Crippen LogP contribution in [0, 0.1) is 5.92 Å². The van der Waals surface area contributed by atoms with Crippen LogP contribution < -0.4 is 29.6 Å². The molecule has 6 nitrogen and oxygen atoms in total. The Balaban J connectivity index is 0. The summed E-state index contributed by atoms with van der Waals surface area (Å²) in [4.78, 5) is 0. The van der Waals surface area contributed by atoms with Gasteiger partial charge in [-0.15, -0.1) is 0 Å². The van der Waals surface area contributed by atoms with Crippen LogP contribution in [0.2, 0.25) is 0 Å². The number of rotatable bonds is 5. The molecule has 8 heteroatoms. The topological polar surface area (TPSA) is 118 Å². The van der Waals surface area contributed by atoms with E-state index < -0.39 is 40.6 Å². The molecule has 3 N–H and O–H groups in total. The van der Waals surface area contributed by atoms with Crippen LogP contribution in [0.25, 0.3) is 0 Å². The summed E-state index contributed by atoms with van der Waals surface area (Å²) in [6.45, 7) is -1.33. The third-order valence-corrected chi connectivity index (χ3v) is 3.86. The van der Waals surface area contributed by atoms with Crippen LogP contribution in [0.1, 0.15) is 6.92 Å². The Morgan fingerprint density at radius 1 is 1.29 bits per heavy atom. The van der Waals surface area contributed by atoms with Crippen molar-refractivity contribution in [1.29, 1.82) is 0 Å². The summed E-state index contributed by atoms with van der Waals surface area (Å²) in [6, 6.07) is 0. The van der Waals surface area contributed by atoms with Crippen molar-refractivity contribution in [3.05, 3.63) is 0 Å². The van der Waals surface area contributed by atoms with Gasteiger partial charge in [-0.05, 0) is 0 Å². The van der Waals surface area contributed by atoms with Crippen LogP contribution >= 0.6 is 0 Å². The van der Waals surface area contributed by atoms with Gasteiger partial charge in [-0.3, -0.25) is 0 Å². The van der Waals surface area contributed by atoms with Gasteiger partial charge in [0.05, 0.1) is 13.2 Å². The molecule has 0 aromatic carbocycles. The molecule has 0 saturated heterocycles. The fraction of sp³-hybridized carbons (Fsp3) is 1.00. The van der Waals surface area contributed by atoms with Gasteiger partial charge in [0.1, 0.15) is 14.9 Å². The molecule has 0 rings (SSSR count). The second-order valence-electron chi connectivity index (χ2n) is 2.92. The standard InChI is InChI=1S/C6H14O6S.Na/c1-5(2-7)6(3-8,4-9)13(10,11)12;/h5,7-9H,2-4H2,1H3,(H,10,11,12);/q;+1/p-1. The van der Waals surface area contributed by atoms with E-state index in [1.165, 1.54) is 6.92 Å². The van der Waals surface area contributed by atoms with Crippen LogP contribution in [-0.2, 0) is 10.1 Å². The van der Waals surface area contributed by atoms with Crippen LogP contribution in [0.5, 0.6) is 0 Å². The number of hydrogen-bond donors (Lipinski definition) is 3. The second-order valence-corrected chi connectivity index (χ2v) is 4.64. The van der Waals surface area contributed by atoms with E-state index in [1.54, 1.807) is 0 Å². The van der Waals surface area contributed by atoms with Crippen LogP contribution in [0.4, 0.5) is 0 Å². The summed E-state index contributed by atoms with van der Waals surface area (Å²) in [5, 5.41) is 26.2. The van der Waals surface area contributed by atoms with Gasteiger partial charge in [0, 0.05) is 12.5 Å². The molecule has 0 aliphatic carbocycles. The molecule has 0 aliphatic rings. The maximum absolute atomic E-state index is 10.7. The molecule has 0 bridgehead atoms. The van der Waals surface area contributed by atoms with Gasteiger partial charge < -0.3 is 19.9 Å². The monoisotopic (exact) mass is 236 g/mol. The molecule has 0 amide bonds. The zero-order chi connectivity index (χ0) is 10.7. The Morgan fingerprint density at radius 2 is 1.64 bits per heavy atom. The first-order valence-electron chi connectivity index (χ1n) is 3.63. The van der Waals surface area contributed by atoms with E-state index in [0.717, 1.165) is 0 Å². The minimum Gasteiger partial charge on any atom is -0.747 e. The van der Waals surface area contributed by atoms with Gasteiger partial charge in [-0.25, -0.2) is 8.42 Å². The predicted octanol–water partition coefficient (Wildman–Crippen LogP) is -5.11. The molecular formula is C6H13NaO6S. The number of aliphatic hydroxyl groups is 3. The van der Waals surface area contributed by atoms with Crippen molar-refractivity contribution in [2.75, 3.05) is 19.8 Å². The van der Waals surface area contributed by atoms with Gasteiger partial charge in [-0.1, -0.05) is 6.92 Å². The molecule has 0 aromatic rings. The third kappa shape index (κ3) is 3.14. The van der Waals surface area contributed by atoms with Crippen molar-refractivity contribution >= 4 is 10.1 Å². The summed E-state index contributed by atoms with van der Waals surface area (Å²) in [7, 11) is -4.85. The van der Waals surface area contributed by atoms with E-state index in [4.69, 9.17) is 15.3 Å². The average molecular weight is 236 g/mol. The molecule has 0 fully saturated rings. The molecule has 0 saturated carbocycles. The zero-order valence-electron chi connectivity index (χ0n) is 8.17. The van der Waals surface area contributed by atoms with E-state index in [-0.39, 0.29) is 29.6 Å². The van der Waals surface area contributed by atoms with Crippen LogP contribution in [-0.4, -0.2) is 52.9 Å². The van der Waals surface area contributed by atoms with Crippen LogP contribution in [0.15, 0.2) is 0 Å². The summed E-state index contributed by atoms with van der Waals surface area (Å²) in [5.41, 5.74) is 0. The summed E-state index contributed by atoms with van der Waals surface area (Å²) >= 11 is 0. The molecule has 1 atom stereocenters. The normalized spacial score (nSPS) is 14.6. The average Bonchev–Trinajstić information content (AvgIpc) is 2.04. The SMILES string of the molecule is CC(CO)C(CO)(CO)S(=O)(=O)[O-].[Na+]. The van der Waals surface area contributed by atoms with Gasteiger partial charge in [0.2, 0.25) is 0 Å². The fourth-order valence-electron chi connectivity index (χ4n) is 0.933. The maximum atomic E-state index is 10.7. The van der Waals surface area contributed by atoms with E-state index in [9.17, 15) is 13.0 Å². The summed E-state index contributed by atoms with van der Waals surface area (Å²) < 4.78 is 30.0. The first-order chi connectivity index (χ1) is 5.85. The molecule has 14 heavy (non-hydrogen) atoms. The van der Waals surface area contributed by atoms with Crippen molar-refractivity contribution in [3.8, 4) is 0 Å². The quantitative estimate of drug-likeness (QED) is 0.324. The summed E-state index contributed by atoms with van der Waals surface area (Å²) in [5.74, 6) is -1.01. The molecule has 0 radical (unpaired) electrons. The molecule has 0 aliphatic heterocycles. The van der Waals surface area contributed by atoms with Crippen molar-refractivity contribution < 1.29 is 57.8 Å². The Kier molecular flexibility index (Phi) is 7.85. The Hall–Kier alpha value is 0.790. The van der Waals surface area contributed by atoms with E-state index >= 15 is 0 Å². The van der Waals surface area contributed by atoms with Crippen LogP contribution in [0.3, 0.4) is 0 Å². The Labute approximate surface area is 105 Å². The Bertz CT molecular complexity index is 247. The molecule has 1 unspecified atom stereocenters. The van der Waals surface area contributed by atoms with Gasteiger partial charge in [0.25, 0.3) is 0 Å². The predicted molar refractivity (Wildman–Crippen MR) is 42.8 cm³/mol. The first-order valence-corrected chi connectivity index (χ1v) is 5.04. The molecular weight excluding hydrogens is 223 g/mol. The van der Waals surface area contributed by atoms with E-state index in [2.05, 4.69) is 0 Å². The largest absolute Gasteiger partial charge is 1.00 e. The maximum Gasteiger partial charge on any atom is 1.00 e. The zero-order valence-corrected chi connectivity index (χ0v) is 11.0. The minimum atomic E-state index is -4.85. The second kappa shape index (κ2) is 6.39. The number of hydrogen-bond acceptors (Lipinski definition) is 6. The van der Waals surface area contributed by atoms with Gasteiger partial charge >= 0.3 is 29.6 Å². The van der Waals surface area contributed by atoms with Gasteiger partial charge in [0.15, 0.2) is 0 Å². The summed E-state index contributed by atoms with van der Waals surface area (Å²) in [6.07, 6.45) is 0. The van der Waals surface area contributed by atoms with E-state index in [1.807, 2.05) is 0 Å². The smallest absolute Gasteiger partial charge is 0.747 e. The first kappa shape index (κ1) is 17.2. The Morgan fingerprint density at radius 3 is 1.71 bits per heavy atom. The molecule has 0 aromatic heterocycles.